The van der Waals surface area contributed by atoms with Crippen LogP contribution in [0.1, 0.15) is 38.2 Å². The summed E-state index contributed by atoms with van der Waals surface area (Å²) in [6, 6.07) is 9.45. The molecule has 1 aliphatic heterocycles. The van der Waals surface area contributed by atoms with E-state index in [1.165, 1.54) is 37.7 Å². The van der Waals surface area contributed by atoms with Gasteiger partial charge in [-0.2, -0.15) is 13.2 Å². The molecule has 0 bridgehead atoms. The average Bonchev–Trinajstić information content (AvgIpc) is 3.26. The third kappa shape index (κ3) is 6.42. The minimum Gasteiger partial charge on any atom is -0.462 e. The van der Waals surface area contributed by atoms with Crippen LogP contribution in [-0.2, 0) is 16.2 Å². The van der Waals surface area contributed by atoms with Crippen molar-refractivity contribution in [1.29, 1.82) is 0 Å². The summed E-state index contributed by atoms with van der Waals surface area (Å²) in [6.45, 7) is 4.94. The quantitative estimate of drug-likeness (QED) is 0.331. The number of nitrogens with zero attached hydrogens (tertiary/aromatic N) is 1. The van der Waals surface area contributed by atoms with Crippen molar-refractivity contribution in [3.05, 3.63) is 54.3 Å². The molecule has 4 rings (SSSR count). The first-order chi connectivity index (χ1) is 16.1. The summed E-state index contributed by atoms with van der Waals surface area (Å²) in [5.74, 6) is 0. The molecule has 1 aromatic heterocycles. The highest BCUT2D eigenvalue weighted by atomic mass is 35.5. The van der Waals surface area contributed by atoms with Crippen molar-refractivity contribution in [1.82, 2.24) is 4.90 Å². The lowest BCUT2D eigenvalue weighted by Gasteiger charge is -2.33. The molecule has 1 fully saturated rings. The van der Waals surface area contributed by atoms with E-state index in [4.69, 9.17) is 4.42 Å². The number of halogens is 4. The van der Waals surface area contributed by atoms with Gasteiger partial charge in [0.15, 0.2) is 5.58 Å². The monoisotopic (exact) mass is 531 g/mol. The summed E-state index contributed by atoms with van der Waals surface area (Å²) < 4.78 is 73.7. The number of sulfonamides is 1. The topological polar surface area (TPSA) is 74.6 Å². The first-order valence-electron chi connectivity index (χ1n) is 11.3. The van der Waals surface area contributed by atoms with Crippen LogP contribution in [0.3, 0.4) is 0 Å². The third-order valence-corrected chi connectivity index (χ3v) is 7.60. The Bertz CT molecular complexity index is 1250. The van der Waals surface area contributed by atoms with E-state index in [0.717, 1.165) is 37.7 Å². The summed E-state index contributed by atoms with van der Waals surface area (Å²) >= 11 is 0. The maximum Gasteiger partial charge on any atom is 0.417 e. The van der Waals surface area contributed by atoms with Gasteiger partial charge < -0.3 is 14.6 Å². The second-order valence-corrected chi connectivity index (χ2v) is 10.3. The highest BCUT2D eigenvalue weighted by Gasteiger charge is 2.37. The summed E-state index contributed by atoms with van der Waals surface area (Å²) in [5.41, 5.74) is 0.0798. The molecule has 6 nitrogen and oxygen atoms in total. The summed E-state index contributed by atoms with van der Waals surface area (Å²) in [7, 11) is -4.48. The van der Waals surface area contributed by atoms with Gasteiger partial charge >= 0.3 is 6.18 Å². The standard InChI is InChI=1S/C24H28F3N3O3S.ClH/c1-17-7-4-5-12-30(17)13-6-11-28-21-16-19(15-18-10-14-33-23(18)21)29-34(31,32)22-9-3-2-8-20(22)24(25,26)27;/h2-3,8-10,14-17,28-29H,4-7,11-13H2,1H3;1H. The van der Waals surface area contributed by atoms with Crippen LogP contribution in [0, 0.1) is 0 Å². The number of likely N-dealkylation sites (tertiary alicyclic amines) is 1. The summed E-state index contributed by atoms with van der Waals surface area (Å²) in [6.07, 6.45) is 1.27. The zero-order valence-electron chi connectivity index (χ0n) is 19.3. The Morgan fingerprint density at radius 3 is 2.66 bits per heavy atom. The van der Waals surface area contributed by atoms with E-state index in [2.05, 4.69) is 21.9 Å². The van der Waals surface area contributed by atoms with Crippen LogP contribution >= 0.6 is 12.4 Å². The van der Waals surface area contributed by atoms with Crippen LogP contribution in [0.4, 0.5) is 24.5 Å². The fraction of sp³-hybridized carbons (Fsp3) is 0.417. The predicted octanol–water partition coefficient (Wildman–Crippen LogP) is 6.35. The number of hydrogen-bond acceptors (Lipinski definition) is 5. The van der Waals surface area contributed by atoms with Gasteiger partial charge in [0.25, 0.3) is 10.0 Å². The van der Waals surface area contributed by atoms with Gasteiger partial charge in [-0.05, 0) is 63.1 Å². The minimum atomic E-state index is -4.79. The highest BCUT2D eigenvalue weighted by Crippen LogP contribution is 2.35. The molecule has 0 aliphatic carbocycles. The molecule has 11 heteroatoms. The Morgan fingerprint density at radius 1 is 1.14 bits per heavy atom. The van der Waals surface area contributed by atoms with E-state index in [1.54, 1.807) is 12.1 Å². The molecule has 35 heavy (non-hydrogen) atoms. The van der Waals surface area contributed by atoms with Crippen LogP contribution in [0.15, 0.2) is 58.0 Å². The highest BCUT2D eigenvalue weighted by molar-refractivity contribution is 7.92. The van der Waals surface area contributed by atoms with Gasteiger partial charge in [-0.15, -0.1) is 12.4 Å². The van der Waals surface area contributed by atoms with Crippen molar-refractivity contribution in [3.8, 4) is 0 Å². The van der Waals surface area contributed by atoms with Gasteiger partial charge in [0.2, 0.25) is 0 Å². The number of nitrogens with one attached hydrogen (secondary N) is 2. The molecule has 1 atom stereocenters. The van der Waals surface area contributed by atoms with E-state index < -0.39 is 26.7 Å². The number of furan rings is 1. The lowest BCUT2D eigenvalue weighted by atomic mass is 10.0. The maximum absolute atomic E-state index is 13.4. The Balaban J connectivity index is 0.00000342. The van der Waals surface area contributed by atoms with Gasteiger partial charge in [-0.25, -0.2) is 8.42 Å². The fourth-order valence-electron chi connectivity index (χ4n) is 4.41. The zero-order valence-corrected chi connectivity index (χ0v) is 20.9. The molecular weight excluding hydrogens is 503 g/mol. The molecule has 0 radical (unpaired) electrons. The number of hydrogen-bond donors (Lipinski definition) is 2. The average molecular weight is 532 g/mol. The molecule has 0 saturated carbocycles. The van der Waals surface area contributed by atoms with E-state index in [9.17, 15) is 21.6 Å². The number of fused-ring (bicyclic) bond motifs is 1. The third-order valence-electron chi connectivity index (χ3n) is 6.16. The van der Waals surface area contributed by atoms with Crippen molar-refractivity contribution in [2.75, 3.05) is 29.7 Å². The van der Waals surface area contributed by atoms with Crippen molar-refractivity contribution in [3.63, 3.8) is 0 Å². The lowest BCUT2D eigenvalue weighted by molar-refractivity contribution is -0.139. The molecule has 2 aromatic carbocycles. The Labute approximate surface area is 209 Å². The van der Waals surface area contributed by atoms with Crippen molar-refractivity contribution in [2.24, 2.45) is 0 Å². The van der Waals surface area contributed by atoms with Crippen LogP contribution in [0.5, 0.6) is 0 Å². The second-order valence-electron chi connectivity index (χ2n) is 8.62. The minimum absolute atomic E-state index is 0. The van der Waals surface area contributed by atoms with Gasteiger partial charge in [-0.3, -0.25) is 4.72 Å². The molecule has 1 saturated heterocycles. The fourth-order valence-corrected chi connectivity index (χ4v) is 5.68. The predicted molar refractivity (Wildman–Crippen MR) is 134 cm³/mol. The molecule has 2 heterocycles. The van der Waals surface area contributed by atoms with Gasteiger partial charge in [0, 0.05) is 24.5 Å². The van der Waals surface area contributed by atoms with Crippen molar-refractivity contribution < 1.29 is 26.0 Å². The van der Waals surface area contributed by atoms with E-state index in [-0.39, 0.29) is 18.1 Å². The van der Waals surface area contributed by atoms with Gasteiger partial charge in [-0.1, -0.05) is 18.6 Å². The molecule has 192 valence electrons. The molecule has 1 unspecified atom stereocenters. The van der Waals surface area contributed by atoms with Crippen molar-refractivity contribution >= 4 is 44.8 Å². The molecule has 1 aliphatic rings. The number of alkyl halides is 3. The van der Waals surface area contributed by atoms with E-state index in [1.807, 2.05) is 0 Å². The normalized spacial score (nSPS) is 17.2. The summed E-state index contributed by atoms with van der Waals surface area (Å²) in [4.78, 5) is 1.65. The van der Waals surface area contributed by atoms with Gasteiger partial charge in [0.05, 0.1) is 28.1 Å². The Morgan fingerprint density at radius 2 is 1.91 bits per heavy atom. The molecule has 0 amide bonds. The molecule has 0 spiro atoms. The SMILES string of the molecule is CC1CCCCN1CCCNc1cc(NS(=O)(=O)c2ccccc2C(F)(F)F)cc2ccoc12.Cl. The maximum atomic E-state index is 13.4. The van der Waals surface area contributed by atoms with Crippen LogP contribution < -0.4 is 10.0 Å². The van der Waals surface area contributed by atoms with E-state index in [0.29, 0.717) is 29.2 Å². The largest absolute Gasteiger partial charge is 0.462 e. The molecule has 3 aromatic rings. The van der Waals surface area contributed by atoms with Crippen LogP contribution in [0.2, 0.25) is 0 Å². The summed E-state index contributed by atoms with van der Waals surface area (Å²) in [5, 5.41) is 3.93. The van der Waals surface area contributed by atoms with Crippen LogP contribution in [0.25, 0.3) is 11.0 Å². The smallest absolute Gasteiger partial charge is 0.417 e. The lowest BCUT2D eigenvalue weighted by Crippen LogP contribution is -2.38. The second kappa shape index (κ2) is 11.1. The number of benzene rings is 2. The van der Waals surface area contributed by atoms with Crippen molar-refractivity contribution in [2.45, 2.75) is 49.7 Å². The zero-order chi connectivity index (χ0) is 24.3. The number of piperidine rings is 1. The first kappa shape index (κ1) is 27.2. The molecule has 2 N–H and O–H groups in total. The van der Waals surface area contributed by atoms with E-state index >= 15 is 0 Å². The van der Waals surface area contributed by atoms with Crippen LogP contribution in [-0.4, -0.2) is 39.0 Å². The Kier molecular flexibility index (Phi) is 8.61. The number of anilines is 2. The molecular formula is C24H29ClF3N3O3S. The number of rotatable bonds is 8. The van der Waals surface area contributed by atoms with Gasteiger partial charge in [0.1, 0.15) is 0 Å². The Hall–Kier alpha value is -2.43. The first-order valence-corrected chi connectivity index (χ1v) is 12.8.